The fourth-order valence-corrected chi connectivity index (χ4v) is 2.84. The second-order valence-corrected chi connectivity index (χ2v) is 7.19. The van der Waals surface area contributed by atoms with Gasteiger partial charge in [0.1, 0.15) is 0 Å². The molecule has 0 aromatic heterocycles. The number of aliphatic imine (C=N–C) groups is 1. The van der Waals surface area contributed by atoms with E-state index in [2.05, 4.69) is 53.7 Å². The number of benzene rings is 1. The molecule has 1 unspecified atom stereocenters. The molecule has 1 atom stereocenters. The van der Waals surface area contributed by atoms with Crippen LogP contribution in [0.2, 0.25) is 0 Å². The van der Waals surface area contributed by atoms with Gasteiger partial charge in [-0.2, -0.15) is 0 Å². The zero-order valence-corrected chi connectivity index (χ0v) is 19.7. The highest BCUT2D eigenvalue weighted by Gasteiger charge is 2.15. The number of halogens is 1. The molecule has 0 spiro atoms. The molecular formula is C21H36IN3O3. The molecule has 2 rings (SSSR count). The van der Waals surface area contributed by atoms with E-state index in [0.29, 0.717) is 12.5 Å². The SMILES string of the molecule is CN=C(NCCCOCC1CCOC1)NCc1cccc(COC(C)C)c1.I. The molecule has 6 nitrogen and oxygen atoms in total. The molecule has 1 saturated heterocycles. The molecule has 1 aliphatic rings. The molecule has 0 bridgehead atoms. The smallest absolute Gasteiger partial charge is 0.191 e. The van der Waals surface area contributed by atoms with Gasteiger partial charge >= 0.3 is 0 Å². The summed E-state index contributed by atoms with van der Waals surface area (Å²) in [6.07, 6.45) is 2.32. The lowest BCUT2D eigenvalue weighted by atomic mass is 10.1. The lowest BCUT2D eigenvalue weighted by molar-refractivity contribution is 0.0657. The van der Waals surface area contributed by atoms with Gasteiger partial charge < -0.3 is 24.8 Å². The van der Waals surface area contributed by atoms with E-state index in [4.69, 9.17) is 14.2 Å². The van der Waals surface area contributed by atoms with Crippen molar-refractivity contribution in [2.24, 2.45) is 10.9 Å². The van der Waals surface area contributed by atoms with Crippen LogP contribution < -0.4 is 10.6 Å². The van der Waals surface area contributed by atoms with Gasteiger partial charge in [-0.1, -0.05) is 24.3 Å². The zero-order valence-electron chi connectivity index (χ0n) is 17.4. The van der Waals surface area contributed by atoms with Gasteiger partial charge in [-0.05, 0) is 37.8 Å². The number of ether oxygens (including phenoxy) is 3. The summed E-state index contributed by atoms with van der Waals surface area (Å²) in [5.74, 6) is 1.39. The summed E-state index contributed by atoms with van der Waals surface area (Å²) in [7, 11) is 1.79. The van der Waals surface area contributed by atoms with Crippen molar-refractivity contribution in [2.75, 3.05) is 40.0 Å². The maximum Gasteiger partial charge on any atom is 0.191 e. The Morgan fingerprint density at radius 1 is 1.29 bits per heavy atom. The first kappa shape index (κ1) is 25.1. The van der Waals surface area contributed by atoms with Crippen molar-refractivity contribution >= 4 is 29.9 Å². The Labute approximate surface area is 186 Å². The molecule has 160 valence electrons. The standard InChI is InChI=1S/C21H35N3O3.HI/c1-17(2)27-16-19-7-4-6-18(12-19)13-24-21(22-3)23-9-5-10-25-14-20-8-11-26-15-20;/h4,6-7,12,17,20H,5,8-11,13-16H2,1-3H3,(H2,22,23,24);1H. The Bertz CT molecular complexity index is 564. The predicted molar refractivity (Wildman–Crippen MR) is 124 cm³/mol. The molecule has 1 heterocycles. The first-order valence-electron chi connectivity index (χ1n) is 9.96. The van der Waals surface area contributed by atoms with Crippen molar-refractivity contribution in [2.45, 2.75) is 45.9 Å². The third kappa shape index (κ3) is 10.6. The van der Waals surface area contributed by atoms with E-state index in [0.717, 1.165) is 58.3 Å². The Hall–Kier alpha value is -0.900. The van der Waals surface area contributed by atoms with Crippen LogP contribution in [0.3, 0.4) is 0 Å². The summed E-state index contributed by atoms with van der Waals surface area (Å²) < 4.78 is 16.7. The Kier molecular flexibility index (Phi) is 13.5. The summed E-state index contributed by atoms with van der Waals surface area (Å²) in [4.78, 5) is 4.28. The fraction of sp³-hybridized carbons (Fsp3) is 0.667. The highest BCUT2D eigenvalue weighted by Crippen LogP contribution is 2.12. The normalized spacial score (nSPS) is 16.9. The van der Waals surface area contributed by atoms with Crippen LogP contribution in [-0.4, -0.2) is 52.1 Å². The Balaban J connectivity index is 0.00000392. The van der Waals surface area contributed by atoms with E-state index in [1.54, 1.807) is 7.05 Å². The number of hydrogen-bond donors (Lipinski definition) is 2. The number of rotatable bonds is 11. The van der Waals surface area contributed by atoms with Gasteiger partial charge in [0.2, 0.25) is 0 Å². The van der Waals surface area contributed by atoms with Crippen molar-refractivity contribution in [1.82, 2.24) is 10.6 Å². The average molecular weight is 505 g/mol. The van der Waals surface area contributed by atoms with Crippen LogP contribution in [0, 0.1) is 5.92 Å². The highest BCUT2D eigenvalue weighted by atomic mass is 127. The molecule has 2 N–H and O–H groups in total. The van der Waals surface area contributed by atoms with Gasteiger partial charge in [0.25, 0.3) is 0 Å². The number of guanidine groups is 1. The van der Waals surface area contributed by atoms with Crippen molar-refractivity contribution in [3.63, 3.8) is 0 Å². The minimum atomic E-state index is 0. The predicted octanol–water partition coefficient (Wildman–Crippen LogP) is 3.34. The van der Waals surface area contributed by atoms with Crippen LogP contribution in [-0.2, 0) is 27.4 Å². The monoisotopic (exact) mass is 505 g/mol. The quantitative estimate of drug-likeness (QED) is 0.209. The van der Waals surface area contributed by atoms with Gasteiger partial charge in [-0.3, -0.25) is 4.99 Å². The lowest BCUT2D eigenvalue weighted by Crippen LogP contribution is -2.37. The molecule has 1 fully saturated rings. The average Bonchev–Trinajstić information content (AvgIpc) is 3.19. The summed E-state index contributed by atoms with van der Waals surface area (Å²) in [5, 5.41) is 6.69. The van der Waals surface area contributed by atoms with E-state index in [1.165, 1.54) is 11.1 Å². The highest BCUT2D eigenvalue weighted by molar-refractivity contribution is 14.0. The fourth-order valence-electron chi connectivity index (χ4n) is 2.84. The van der Waals surface area contributed by atoms with Crippen LogP contribution >= 0.6 is 24.0 Å². The van der Waals surface area contributed by atoms with E-state index < -0.39 is 0 Å². The van der Waals surface area contributed by atoms with Crippen molar-refractivity contribution < 1.29 is 14.2 Å². The summed E-state index contributed by atoms with van der Waals surface area (Å²) in [6, 6.07) is 8.44. The van der Waals surface area contributed by atoms with Crippen molar-refractivity contribution in [1.29, 1.82) is 0 Å². The van der Waals surface area contributed by atoms with E-state index >= 15 is 0 Å². The second kappa shape index (κ2) is 15.0. The lowest BCUT2D eigenvalue weighted by Gasteiger charge is -2.13. The molecule has 0 radical (unpaired) electrons. The largest absolute Gasteiger partial charge is 0.381 e. The third-order valence-corrected chi connectivity index (χ3v) is 4.39. The van der Waals surface area contributed by atoms with E-state index in [9.17, 15) is 0 Å². The van der Waals surface area contributed by atoms with Crippen LogP contribution in [0.15, 0.2) is 29.3 Å². The van der Waals surface area contributed by atoms with Crippen LogP contribution in [0.5, 0.6) is 0 Å². The van der Waals surface area contributed by atoms with E-state index in [-0.39, 0.29) is 30.1 Å². The molecule has 7 heteroatoms. The topological polar surface area (TPSA) is 64.1 Å². The molecular weight excluding hydrogens is 469 g/mol. The van der Waals surface area contributed by atoms with Gasteiger partial charge in [-0.25, -0.2) is 0 Å². The van der Waals surface area contributed by atoms with Gasteiger partial charge in [-0.15, -0.1) is 24.0 Å². The molecule has 0 saturated carbocycles. The molecule has 1 aliphatic heterocycles. The van der Waals surface area contributed by atoms with Crippen LogP contribution in [0.4, 0.5) is 0 Å². The third-order valence-electron chi connectivity index (χ3n) is 4.39. The molecule has 1 aromatic rings. The maximum atomic E-state index is 5.72. The minimum Gasteiger partial charge on any atom is -0.381 e. The first-order valence-corrected chi connectivity index (χ1v) is 9.96. The van der Waals surface area contributed by atoms with Gasteiger partial charge in [0.05, 0.1) is 25.9 Å². The second-order valence-electron chi connectivity index (χ2n) is 7.19. The number of nitrogens with zero attached hydrogens (tertiary/aromatic N) is 1. The minimum absolute atomic E-state index is 0. The summed E-state index contributed by atoms with van der Waals surface area (Å²) in [6.45, 7) is 9.61. The van der Waals surface area contributed by atoms with E-state index in [1.807, 2.05) is 0 Å². The van der Waals surface area contributed by atoms with Crippen LogP contribution in [0.1, 0.15) is 37.8 Å². The van der Waals surface area contributed by atoms with Gasteiger partial charge in [0.15, 0.2) is 5.96 Å². The zero-order chi connectivity index (χ0) is 19.3. The first-order chi connectivity index (χ1) is 13.2. The maximum absolute atomic E-state index is 5.72. The van der Waals surface area contributed by atoms with Crippen molar-refractivity contribution in [3.8, 4) is 0 Å². The molecule has 28 heavy (non-hydrogen) atoms. The van der Waals surface area contributed by atoms with Crippen molar-refractivity contribution in [3.05, 3.63) is 35.4 Å². The molecule has 0 amide bonds. The number of hydrogen-bond acceptors (Lipinski definition) is 4. The Morgan fingerprint density at radius 2 is 2.11 bits per heavy atom. The van der Waals surface area contributed by atoms with Crippen LogP contribution in [0.25, 0.3) is 0 Å². The summed E-state index contributed by atoms with van der Waals surface area (Å²) in [5.41, 5.74) is 2.40. The number of nitrogens with one attached hydrogen (secondary N) is 2. The molecule has 0 aliphatic carbocycles. The Morgan fingerprint density at radius 3 is 2.82 bits per heavy atom. The summed E-state index contributed by atoms with van der Waals surface area (Å²) >= 11 is 0. The molecule has 1 aromatic carbocycles. The van der Waals surface area contributed by atoms with Gasteiger partial charge in [0, 0.05) is 39.3 Å².